The molecule has 0 aromatic carbocycles. The fourth-order valence-corrected chi connectivity index (χ4v) is 5.74. The molecule has 1 aliphatic rings. The lowest BCUT2D eigenvalue weighted by Crippen LogP contribution is -2.11. The van der Waals surface area contributed by atoms with Crippen LogP contribution in [0.2, 0.25) is 0 Å². The Hall–Kier alpha value is -2.40. The number of allylic oxidation sites excluding steroid dienone is 1. The maximum Gasteiger partial charge on any atom is 0.240 e. The number of nitrogens with zero attached hydrogens (tertiary/aromatic N) is 5. The van der Waals surface area contributed by atoms with Gasteiger partial charge in [-0.05, 0) is 25.5 Å². The fourth-order valence-electron chi connectivity index (χ4n) is 3.10. The third-order valence-electron chi connectivity index (χ3n) is 4.47. The largest absolute Gasteiger partial charge is 0.461 e. The smallest absolute Gasteiger partial charge is 0.240 e. The number of rotatable bonds is 7. The first kappa shape index (κ1) is 18.9. The predicted octanol–water partition coefficient (Wildman–Crippen LogP) is 2.86. The molecule has 3 aromatic rings. The highest BCUT2D eigenvalue weighted by Gasteiger charge is 2.33. The molecule has 0 bridgehead atoms. The van der Waals surface area contributed by atoms with Gasteiger partial charge in [0.05, 0.1) is 23.0 Å². The van der Waals surface area contributed by atoms with E-state index in [-0.39, 0.29) is 22.7 Å². The van der Waals surface area contributed by atoms with Gasteiger partial charge in [-0.3, -0.25) is 0 Å². The molecule has 148 valence electrons. The zero-order valence-corrected chi connectivity index (χ0v) is 16.8. The van der Waals surface area contributed by atoms with Crippen LogP contribution in [0.4, 0.5) is 0 Å². The minimum absolute atomic E-state index is 0.110. The Balaban J connectivity index is 1.55. The number of aromatic nitrogens is 5. The maximum atomic E-state index is 11.8. The van der Waals surface area contributed by atoms with Gasteiger partial charge in [0.1, 0.15) is 5.82 Å². The van der Waals surface area contributed by atoms with Gasteiger partial charge in [-0.2, -0.15) is 4.98 Å². The third-order valence-corrected chi connectivity index (χ3v) is 7.30. The van der Waals surface area contributed by atoms with Gasteiger partial charge < -0.3 is 13.5 Å². The molecule has 2 atom stereocenters. The molecule has 4 rings (SSSR count). The molecule has 0 aliphatic carbocycles. The molecule has 1 fully saturated rings. The van der Waals surface area contributed by atoms with Crippen LogP contribution in [0.15, 0.2) is 45.1 Å². The van der Waals surface area contributed by atoms with Crippen molar-refractivity contribution < 1.29 is 17.4 Å². The Morgan fingerprint density at radius 2 is 2.32 bits per heavy atom. The number of hydrogen-bond donors (Lipinski definition) is 0. The van der Waals surface area contributed by atoms with Crippen LogP contribution in [0.1, 0.15) is 36.2 Å². The van der Waals surface area contributed by atoms with E-state index in [4.69, 9.17) is 8.94 Å². The Morgan fingerprint density at radius 1 is 1.46 bits per heavy atom. The maximum absolute atomic E-state index is 11.8. The molecular weight excluding hydrogens is 402 g/mol. The molecule has 0 spiro atoms. The summed E-state index contributed by atoms with van der Waals surface area (Å²) in [6.07, 6.45) is 3.85. The van der Waals surface area contributed by atoms with E-state index in [0.717, 1.165) is 0 Å². The summed E-state index contributed by atoms with van der Waals surface area (Å²) < 4.78 is 36.2. The second-order valence-corrected chi connectivity index (χ2v) is 10.1. The first-order valence-corrected chi connectivity index (χ1v) is 11.5. The molecule has 0 radical (unpaired) electrons. The van der Waals surface area contributed by atoms with Gasteiger partial charge in [0.2, 0.25) is 11.7 Å². The Labute approximate surface area is 166 Å². The van der Waals surface area contributed by atoms with Crippen molar-refractivity contribution in [2.75, 3.05) is 11.5 Å². The highest BCUT2D eigenvalue weighted by atomic mass is 32.2. The summed E-state index contributed by atoms with van der Waals surface area (Å²) in [4.78, 5) is 4.38. The quantitative estimate of drug-likeness (QED) is 0.419. The molecule has 28 heavy (non-hydrogen) atoms. The Kier molecular flexibility index (Phi) is 5.11. The van der Waals surface area contributed by atoms with Crippen molar-refractivity contribution in [3.63, 3.8) is 0 Å². The fraction of sp³-hybridized carbons (Fsp3) is 0.412. The summed E-state index contributed by atoms with van der Waals surface area (Å²) >= 11 is 1.42. The summed E-state index contributed by atoms with van der Waals surface area (Å²) in [5, 5.41) is 13.0. The van der Waals surface area contributed by atoms with Gasteiger partial charge in [-0.15, -0.1) is 16.8 Å². The second kappa shape index (κ2) is 7.55. The van der Waals surface area contributed by atoms with E-state index in [2.05, 4.69) is 26.9 Å². The SMILES string of the molecule is C=CCn1c(SC(C)c2nc(-c3ccco3)no2)nnc1C1CCS(=O)(=O)C1. The van der Waals surface area contributed by atoms with Crippen LogP contribution < -0.4 is 0 Å². The number of thioether (sulfide) groups is 1. The molecule has 0 amide bonds. The zero-order chi connectivity index (χ0) is 19.7. The average molecular weight is 422 g/mol. The van der Waals surface area contributed by atoms with Gasteiger partial charge in [-0.1, -0.05) is 23.0 Å². The normalized spacial score (nSPS) is 19.7. The van der Waals surface area contributed by atoms with Crippen LogP contribution in [-0.2, 0) is 16.4 Å². The molecule has 0 N–H and O–H groups in total. The summed E-state index contributed by atoms with van der Waals surface area (Å²) in [5.74, 6) is 2.19. The van der Waals surface area contributed by atoms with Crippen molar-refractivity contribution in [3.8, 4) is 11.6 Å². The van der Waals surface area contributed by atoms with Gasteiger partial charge in [0.25, 0.3) is 0 Å². The van der Waals surface area contributed by atoms with Gasteiger partial charge >= 0.3 is 0 Å². The van der Waals surface area contributed by atoms with Gasteiger partial charge in [0.15, 0.2) is 20.8 Å². The topological polar surface area (TPSA) is 117 Å². The first-order chi connectivity index (χ1) is 13.5. The van der Waals surface area contributed by atoms with Crippen molar-refractivity contribution in [1.29, 1.82) is 0 Å². The van der Waals surface area contributed by atoms with Crippen molar-refractivity contribution in [2.24, 2.45) is 0 Å². The standard InChI is InChI=1S/C17H19N5O4S2/c1-3-7-22-15(12-6-9-28(23,24)10-12)19-20-17(22)27-11(2)16-18-14(21-26-16)13-5-4-8-25-13/h3-5,8,11-12H,1,6-7,9-10H2,2H3. The Bertz CT molecular complexity index is 1070. The molecule has 0 saturated carbocycles. The monoisotopic (exact) mass is 421 g/mol. The van der Waals surface area contributed by atoms with Crippen molar-refractivity contribution in [1.82, 2.24) is 24.9 Å². The number of sulfone groups is 1. The van der Waals surface area contributed by atoms with Crippen LogP contribution >= 0.6 is 11.8 Å². The third kappa shape index (κ3) is 3.76. The molecule has 9 nitrogen and oxygen atoms in total. The minimum atomic E-state index is -3.01. The lowest BCUT2D eigenvalue weighted by molar-refractivity contribution is 0.379. The van der Waals surface area contributed by atoms with Crippen LogP contribution in [-0.4, -0.2) is 44.8 Å². The van der Waals surface area contributed by atoms with Gasteiger partial charge in [0, 0.05) is 12.5 Å². The summed E-state index contributed by atoms with van der Waals surface area (Å²) in [6, 6.07) is 3.52. The van der Waals surface area contributed by atoms with Crippen molar-refractivity contribution in [3.05, 3.63) is 42.8 Å². The van der Waals surface area contributed by atoms with E-state index in [1.54, 1.807) is 24.5 Å². The van der Waals surface area contributed by atoms with Gasteiger partial charge in [-0.25, -0.2) is 8.42 Å². The zero-order valence-electron chi connectivity index (χ0n) is 15.2. The summed E-state index contributed by atoms with van der Waals surface area (Å²) in [6.45, 7) is 6.21. The first-order valence-electron chi connectivity index (χ1n) is 8.75. The van der Waals surface area contributed by atoms with E-state index < -0.39 is 9.84 Å². The average Bonchev–Trinajstić information content (AvgIpc) is 3.41. The Morgan fingerprint density at radius 3 is 3.00 bits per heavy atom. The predicted molar refractivity (Wildman–Crippen MR) is 103 cm³/mol. The lowest BCUT2D eigenvalue weighted by Gasteiger charge is -2.12. The second-order valence-electron chi connectivity index (χ2n) is 6.53. The van der Waals surface area contributed by atoms with Crippen molar-refractivity contribution in [2.45, 2.75) is 36.2 Å². The highest BCUT2D eigenvalue weighted by molar-refractivity contribution is 7.99. The van der Waals surface area contributed by atoms with Crippen LogP contribution in [0.5, 0.6) is 0 Å². The molecule has 11 heteroatoms. The summed E-state index contributed by atoms with van der Waals surface area (Å²) in [5.41, 5.74) is 0. The molecule has 2 unspecified atom stereocenters. The van der Waals surface area contributed by atoms with E-state index in [1.165, 1.54) is 11.8 Å². The van der Waals surface area contributed by atoms with E-state index in [9.17, 15) is 8.42 Å². The molecule has 3 aromatic heterocycles. The highest BCUT2D eigenvalue weighted by Crippen LogP contribution is 2.36. The summed E-state index contributed by atoms with van der Waals surface area (Å²) in [7, 11) is -3.01. The van der Waals surface area contributed by atoms with Crippen molar-refractivity contribution >= 4 is 21.6 Å². The van der Waals surface area contributed by atoms with E-state index in [1.807, 2.05) is 11.5 Å². The van der Waals surface area contributed by atoms with Crippen LogP contribution in [0.3, 0.4) is 0 Å². The number of hydrogen-bond acceptors (Lipinski definition) is 9. The van der Waals surface area contributed by atoms with E-state index in [0.29, 0.717) is 41.4 Å². The molecular formula is C17H19N5O4S2. The van der Waals surface area contributed by atoms with E-state index >= 15 is 0 Å². The molecule has 4 heterocycles. The van der Waals surface area contributed by atoms with Crippen LogP contribution in [0, 0.1) is 0 Å². The van der Waals surface area contributed by atoms with Crippen LogP contribution in [0.25, 0.3) is 11.6 Å². The lowest BCUT2D eigenvalue weighted by atomic mass is 10.1. The molecule has 1 saturated heterocycles. The minimum Gasteiger partial charge on any atom is -0.461 e. The number of furan rings is 1. The molecule has 1 aliphatic heterocycles.